The number of sulfonamides is 1. The Bertz CT molecular complexity index is 674. The van der Waals surface area contributed by atoms with Gasteiger partial charge < -0.3 is 10.6 Å². The van der Waals surface area contributed by atoms with Crippen molar-refractivity contribution in [2.75, 3.05) is 19.3 Å². The number of hydrogen-bond acceptors (Lipinski definition) is 4. The molecule has 8 heteroatoms. The Labute approximate surface area is 155 Å². The third-order valence-electron chi connectivity index (χ3n) is 4.33. The van der Waals surface area contributed by atoms with Crippen LogP contribution in [0.3, 0.4) is 0 Å². The molecule has 4 N–H and O–H groups in total. The summed E-state index contributed by atoms with van der Waals surface area (Å²) in [6.07, 6.45) is 6.55. The van der Waals surface area contributed by atoms with E-state index in [-0.39, 0.29) is 4.90 Å². The molecule has 6 nitrogen and oxygen atoms in total. The van der Waals surface area contributed by atoms with E-state index in [0.717, 1.165) is 29.7 Å². The van der Waals surface area contributed by atoms with Gasteiger partial charge in [0, 0.05) is 24.4 Å². The first-order valence-electron chi connectivity index (χ1n) is 8.61. The Morgan fingerprint density at radius 1 is 1.32 bits per heavy atom. The van der Waals surface area contributed by atoms with Gasteiger partial charge in [-0.25, -0.2) is 13.6 Å². The average Bonchev–Trinajstić information content (AvgIpc) is 3.02. The molecule has 1 aromatic rings. The van der Waals surface area contributed by atoms with Crippen molar-refractivity contribution in [2.45, 2.75) is 48.8 Å². The number of hydrogen-bond donors (Lipinski definition) is 3. The van der Waals surface area contributed by atoms with E-state index in [2.05, 4.69) is 28.8 Å². The van der Waals surface area contributed by atoms with Crippen LogP contribution in [-0.4, -0.2) is 45.0 Å². The number of nitrogens with two attached hydrogens (primary N) is 1. The maximum atomic E-state index is 11.3. The molecule has 1 saturated carbocycles. The van der Waals surface area contributed by atoms with Crippen LogP contribution in [0.4, 0.5) is 0 Å². The highest BCUT2D eigenvalue weighted by Gasteiger charge is 2.24. The number of benzene rings is 1. The van der Waals surface area contributed by atoms with Gasteiger partial charge in [0.1, 0.15) is 0 Å². The van der Waals surface area contributed by atoms with E-state index in [1.54, 1.807) is 24.3 Å². The van der Waals surface area contributed by atoms with Gasteiger partial charge in [-0.3, -0.25) is 4.99 Å². The van der Waals surface area contributed by atoms with Crippen LogP contribution in [0, 0.1) is 0 Å². The molecule has 2 unspecified atom stereocenters. The van der Waals surface area contributed by atoms with Crippen molar-refractivity contribution in [3.63, 3.8) is 0 Å². The fourth-order valence-electron chi connectivity index (χ4n) is 2.94. The van der Waals surface area contributed by atoms with Gasteiger partial charge in [-0.2, -0.15) is 11.8 Å². The maximum Gasteiger partial charge on any atom is 0.238 e. The van der Waals surface area contributed by atoms with Crippen molar-refractivity contribution in [2.24, 2.45) is 10.1 Å². The quantitative estimate of drug-likeness (QED) is 0.491. The number of aliphatic imine (C=N–C) groups is 1. The van der Waals surface area contributed by atoms with Crippen LogP contribution in [0.2, 0.25) is 0 Å². The van der Waals surface area contributed by atoms with Crippen molar-refractivity contribution >= 4 is 27.7 Å². The second-order valence-electron chi connectivity index (χ2n) is 6.21. The van der Waals surface area contributed by atoms with E-state index in [9.17, 15) is 8.42 Å². The highest BCUT2D eigenvalue weighted by molar-refractivity contribution is 7.99. The van der Waals surface area contributed by atoms with Gasteiger partial charge >= 0.3 is 0 Å². The molecule has 1 aromatic carbocycles. The van der Waals surface area contributed by atoms with Gasteiger partial charge in [0.15, 0.2) is 5.96 Å². The highest BCUT2D eigenvalue weighted by atomic mass is 32.2. The Morgan fingerprint density at radius 2 is 2.04 bits per heavy atom. The van der Waals surface area contributed by atoms with Crippen LogP contribution in [0.15, 0.2) is 34.2 Å². The highest BCUT2D eigenvalue weighted by Crippen LogP contribution is 2.28. The van der Waals surface area contributed by atoms with Gasteiger partial charge in [0.25, 0.3) is 0 Å². The second-order valence-corrected chi connectivity index (χ2v) is 8.91. The first kappa shape index (κ1) is 20.1. The zero-order chi connectivity index (χ0) is 18.3. The van der Waals surface area contributed by atoms with Crippen LogP contribution < -0.4 is 15.8 Å². The smallest absolute Gasteiger partial charge is 0.238 e. The lowest BCUT2D eigenvalue weighted by Gasteiger charge is -2.17. The lowest BCUT2D eigenvalue weighted by Crippen LogP contribution is -2.42. The van der Waals surface area contributed by atoms with E-state index in [0.29, 0.717) is 12.6 Å². The fourth-order valence-corrected chi connectivity index (χ4v) is 4.25. The van der Waals surface area contributed by atoms with Crippen LogP contribution >= 0.6 is 11.8 Å². The van der Waals surface area contributed by atoms with E-state index in [1.165, 1.54) is 19.3 Å². The molecule has 1 aliphatic rings. The van der Waals surface area contributed by atoms with E-state index in [4.69, 9.17) is 5.14 Å². The topological polar surface area (TPSA) is 96.6 Å². The number of primary sulfonamides is 1. The molecule has 2 atom stereocenters. The standard InChI is InChI=1S/C17H28N4O2S2/c1-3-19-17(21-14-6-7-15(12-14)24-2)20-11-10-13-4-8-16(9-5-13)25(18,22)23/h4-5,8-9,14-15H,3,6-7,10-12H2,1-2H3,(H2,18,22,23)(H2,19,20,21). The van der Waals surface area contributed by atoms with E-state index < -0.39 is 10.0 Å². The maximum absolute atomic E-state index is 11.3. The molecule has 0 radical (unpaired) electrons. The zero-order valence-electron chi connectivity index (χ0n) is 14.9. The van der Waals surface area contributed by atoms with Gasteiger partial charge in [-0.1, -0.05) is 12.1 Å². The van der Waals surface area contributed by atoms with E-state index >= 15 is 0 Å². The Balaban J connectivity index is 1.88. The minimum absolute atomic E-state index is 0.138. The lowest BCUT2D eigenvalue weighted by atomic mass is 10.1. The average molecular weight is 385 g/mol. The molecule has 0 aliphatic heterocycles. The summed E-state index contributed by atoms with van der Waals surface area (Å²) in [6.45, 7) is 3.53. The SMILES string of the molecule is CCNC(=NCCc1ccc(S(N)(=O)=O)cc1)NC1CCC(SC)C1. The van der Waals surface area contributed by atoms with Crippen molar-refractivity contribution < 1.29 is 8.42 Å². The summed E-state index contributed by atoms with van der Waals surface area (Å²) in [5.41, 5.74) is 1.04. The van der Waals surface area contributed by atoms with Gasteiger partial charge in [-0.15, -0.1) is 0 Å². The third-order valence-corrected chi connectivity index (χ3v) is 6.35. The van der Waals surface area contributed by atoms with Crippen LogP contribution in [0.1, 0.15) is 31.7 Å². The second kappa shape index (κ2) is 9.45. The molecular formula is C17H28N4O2S2. The summed E-state index contributed by atoms with van der Waals surface area (Å²) in [7, 11) is -3.63. The van der Waals surface area contributed by atoms with Gasteiger partial charge in [0.05, 0.1) is 4.90 Å². The predicted octanol–water partition coefficient (Wildman–Crippen LogP) is 1.72. The third kappa shape index (κ3) is 6.52. The largest absolute Gasteiger partial charge is 0.357 e. The molecule has 0 aromatic heterocycles. The number of rotatable bonds is 7. The van der Waals surface area contributed by atoms with Crippen molar-refractivity contribution in [3.05, 3.63) is 29.8 Å². The van der Waals surface area contributed by atoms with Gasteiger partial charge in [0.2, 0.25) is 10.0 Å². The normalized spacial score (nSPS) is 21.3. The molecule has 0 bridgehead atoms. The molecule has 0 saturated heterocycles. The van der Waals surface area contributed by atoms with Crippen LogP contribution in [-0.2, 0) is 16.4 Å². The predicted molar refractivity (Wildman–Crippen MR) is 106 cm³/mol. The minimum atomic E-state index is -3.63. The zero-order valence-corrected chi connectivity index (χ0v) is 16.5. The van der Waals surface area contributed by atoms with Crippen LogP contribution in [0.5, 0.6) is 0 Å². The Kier molecular flexibility index (Phi) is 7.58. The van der Waals surface area contributed by atoms with Crippen molar-refractivity contribution in [1.82, 2.24) is 10.6 Å². The molecule has 0 heterocycles. The molecule has 1 aliphatic carbocycles. The van der Waals surface area contributed by atoms with Crippen molar-refractivity contribution in [3.8, 4) is 0 Å². The first-order valence-corrected chi connectivity index (χ1v) is 11.4. The monoisotopic (exact) mass is 384 g/mol. The number of nitrogens with zero attached hydrogens (tertiary/aromatic N) is 1. The van der Waals surface area contributed by atoms with Crippen molar-refractivity contribution in [1.29, 1.82) is 0 Å². The number of thioether (sulfide) groups is 1. The minimum Gasteiger partial charge on any atom is -0.357 e. The molecule has 0 amide bonds. The summed E-state index contributed by atoms with van der Waals surface area (Å²) in [6, 6.07) is 7.15. The molecule has 1 fully saturated rings. The molecule has 25 heavy (non-hydrogen) atoms. The summed E-state index contributed by atoms with van der Waals surface area (Å²) in [4.78, 5) is 4.78. The van der Waals surface area contributed by atoms with Gasteiger partial charge in [-0.05, 0) is 56.6 Å². The first-order chi connectivity index (χ1) is 11.9. The molecule has 0 spiro atoms. The lowest BCUT2D eigenvalue weighted by molar-refractivity contribution is 0.598. The summed E-state index contributed by atoms with van der Waals surface area (Å²) < 4.78 is 22.5. The number of nitrogens with one attached hydrogen (secondary N) is 2. The summed E-state index contributed by atoms with van der Waals surface area (Å²) in [5, 5.41) is 12.7. The summed E-state index contributed by atoms with van der Waals surface area (Å²) in [5.74, 6) is 0.857. The molecular weight excluding hydrogens is 356 g/mol. The van der Waals surface area contributed by atoms with E-state index in [1.807, 2.05) is 11.8 Å². The Hall–Kier alpha value is -1.25. The molecule has 140 valence electrons. The number of guanidine groups is 1. The van der Waals surface area contributed by atoms with Crippen LogP contribution in [0.25, 0.3) is 0 Å². The summed E-state index contributed by atoms with van der Waals surface area (Å²) >= 11 is 1.94. The fraction of sp³-hybridized carbons (Fsp3) is 0.588. The Morgan fingerprint density at radius 3 is 2.60 bits per heavy atom. The molecule has 2 rings (SSSR count).